The van der Waals surface area contributed by atoms with E-state index in [4.69, 9.17) is 0 Å². The summed E-state index contributed by atoms with van der Waals surface area (Å²) in [6, 6.07) is 5.59. The smallest absolute Gasteiger partial charge is 0.270 e. The number of pyridine rings is 1. The standard InChI is InChI=1S/C14H18N4OS/c1-10(2)6-8-16-13(19)11-9-20-14(17-11)18-12-5-3-4-7-15-12/h3-5,7,9-10H,6,8H2,1-2H3,(H,16,19)(H,15,17,18). The lowest BCUT2D eigenvalue weighted by Gasteiger charge is -2.05. The number of carbonyl (C=O) groups excluding carboxylic acids is 1. The summed E-state index contributed by atoms with van der Waals surface area (Å²) in [6.45, 7) is 4.94. The zero-order valence-corrected chi connectivity index (χ0v) is 12.4. The average Bonchev–Trinajstić information content (AvgIpc) is 2.88. The van der Waals surface area contributed by atoms with Gasteiger partial charge < -0.3 is 10.6 Å². The van der Waals surface area contributed by atoms with Crippen molar-refractivity contribution in [3.63, 3.8) is 0 Å². The number of carbonyl (C=O) groups is 1. The third-order valence-electron chi connectivity index (χ3n) is 2.64. The summed E-state index contributed by atoms with van der Waals surface area (Å²) in [5.74, 6) is 1.16. The monoisotopic (exact) mass is 290 g/mol. The summed E-state index contributed by atoms with van der Waals surface area (Å²) in [5, 5.41) is 8.35. The first kappa shape index (κ1) is 14.5. The number of thiazole rings is 1. The van der Waals surface area contributed by atoms with Gasteiger partial charge in [-0.25, -0.2) is 9.97 Å². The quantitative estimate of drug-likeness (QED) is 0.858. The molecule has 2 aromatic heterocycles. The molecule has 0 saturated carbocycles. The van der Waals surface area contributed by atoms with Gasteiger partial charge in [0.15, 0.2) is 5.13 Å². The first-order chi connectivity index (χ1) is 9.65. The number of amides is 1. The van der Waals surface area contributed by atoms with E-state index in [1.54, 1.807) is 11.6 Å². The van der Waals surface area contributed by atoms with Crippen molar-refractivity contribution in [2.45, 2.75) is 20.3 Å². The molecule has 2 rings (SSSR count). The van der Waals surface area contributed by atoms with Gasteiger partial charge in [-0.15, -0.1) is 11.3 Å². The minimum atomic E-state index is -0.129. The minimum absolute atomic E-state index is 0.129. The van der Waals surface area contributed by atoms with Crippen LogP contribution < -0.4 is 10.6 Å². The molecular weight excluding hydrogens is 272 g/mol. The molecule has 106 valence electrons. The van der Waals surface area contributed by atoms with E-state index in [-0.39, 0.29) is 5.91 Å². The first-order valence-corrected chi connectivity index (χ1v) is 7.45. The summed E-state index contributed by atoms with van der Waals surface area (Å²) in [6.07, 6.45) is 2.67. The van der Waals surface area contributed by atoms with Gasteiger partial charge in [-0.1, -0.05) is 19.9 Å². The van der Waals surface area contributed by atoms with Crippen LogP contribution in [-0.2, 0) is 0 Å². The first-order valence-electron chi connectivity index (χ1n) is 6.57. The maximum Gasteiger partial charge on any atom is 0.270 e. The molecule has 0 aliphatic carbocycles. The van der Waals surface area contributed by atoms with Crippen molar-refractivity contribution in [1.82, 2.24) is 15.3 Å². The van der Waals surface area contributed by atoms with Gasteiger partial charge in [-0.2, -0.15) is 0 Å². The summed E-state index contributed by atoms with van der Waals surface area (Å²) in [5.41, 5.74) is 0.442. The molecule has 5 nitrogen and oxygen atoms in total. The lowest BCUT2D eigenvalue weighted by molar-refractivity contribution is 0.0948. The number of nitrogens with one attached hydrogen (secondary N) is 2. The van der Waals surface area contributed by atoms with Crippen molar-refractivity contribution in [3.8, 4) is 0 Å². The van der Waals surface area contributed by atoms with Crippen LogP contribution >= 0.6 is 11.3 Å². The molecule has 2 N–H and O–H groups in total. The number of aromatic nitrogens is 2. The Balaban J connectivity index is 1.90. The van der Waals surface area contributed by atoms with Crippen molar-refractivity contribution < 1.29 is 4.79 Å². The molecule has 0 bridgehead atoms. The molecule has 0 spiro atoms. The highest BCUT2D eigenvalue weighted by molar-refractivity contribution is 7.14. The maximum absolute atomic E-state index is 11.9. The highest BCUT2D eigenvalue weighted by Gasteiger charge is 2.10. The van der Waals surface area contributed by atoms with Gasteiger partial charge in [0, 0.05) is 18.1 Å². The number of hydrogen-bond acceptors (Lipinski definition) is 5. The highest BCUT2D eigenvalue weighted by atomic mass is 32.1. The molecule has 0 radical (unpaired) electrons. The van der Waals surface area contributed by atoms with Crippen LogP contribution in [0.15, 0.2) is 29.8 Å². The molecule has 0 aliphatic heterocycles. The molecule has 2 heterocycles. The van der Waals surface area contributed by atoms with Crippen LogP contribution in [0, 0.1) is 5.92 Å². The zero-order valence-electron chi connectivity index (χ0n) is 11.6. The number of hydrogen-bond donors (Lipinski definition) is 2. The average molecular weight is 290 g/mol. The molecule has 1 amide bonds. The second kappa shape index (κ2) is 7.00. The SMILES string of the molecule is CC(C)CCNC(=O)c1csc(Nc2ccccn2)n1. The van der Waals surface area contributed by atoms with E-state index >= 15 is 0 Å². The Morgan fingerprint density at radius 1 is 1.40 bits per heavy atom. The number of anilines is 2. The van der Waals surface area contributed by atoms with Crippen molar-refractivity contribution in [2.24, 2.45) is 5.92 Å². The Kier molecular flexibility index (Phi) is 5.06. The fourth-order valence-electron chi connectivity index (χ4n) is 1.55. The zero-order chi connectivity index (χ0) is 14.4. The summed E-state index contributed by atoms with van der Waals surface area (Å²) in [7, 11) is 0. The molecule has 0 atom stereocenters. The summed E-state index contributed by atoms with van der Waals surface area (Å²) in [4.78, 5) is 20.3. The van der Waals surface area contributed by atoms with Crippen LogP contribution in [-0.4, -0.2) is 22.4 Å². The topological polar surface area (TPSA) is 66.9 Å². The molecule has 20 heavy (non-hydrogen) atoms. The second-order valence-corrected chi connectivity index (χ2v) is 5.67. The van der Waals surface area contributed by atoms with E-state index in [1.165, 1.54) is 11.3 Å². The predicted molar refractivity (Wildman–Crippen MR) is 81.4 cm³/mol. The van der Waals surface area contributed by atoms with Gasteiger partial charge >= 0.3 is 0 Å². The Labute approximate surface area is 122 Å². The van der Waals surface area contributed by atoms with E-state index in [2.05, 4.69) is 34.4 Å². The maximum atomic E-state index is 11.9. The fourth-order valence-corrected chi connectivity index (χ4v) is 2.24. The molecule has 2 aromatic rings. The third kappa shape index (κ3) is 4.31. The van der Waals surface area contributed by atoms with Crippen molar-refractivity contribution >= 4 is 28.2 Å². The Morgan fingerprint density at radius 3 is 2.95 bits per heavy atom. The van der Waals surface area contributed by atoms with Crippen LogP contribution in [0.4, 0.5) is 10.9 Å². The third-order valence-corrected chi connectivity index (χ3v) is 3.40. The van der Waals surface area contributed by atoms with Gasteiger partial charge in [-0.3, -0.25) is 4.79 Å². The number of rotatable bonds is 6. The lowest BCUT2D eigenvalue weighted by atomic mass is 10.1. The fraction of sp³-hybridized carbons (Fsp3) is 0.357. The molecule has 0 aliphatic rings. The van der Waals surface area contributed by atoms with Crippen LogP contribution in [0.1, 0.15) is 30.8 Å². The molecule has 6 heteroatoms. The van der Waals surface area contributed by atoms with E-state index < -0.39 is 0 Å². The Bertz CT molecular complexity index is 553. The second-order valence-electron chi connectivity index (χ2n) is 4.82. The molecule has 0 unspecified atom stereocenters. The van der Waals surface area contributed by atoms with Gasteiger partial charge in [0.05, 0.1) is 0 Å². The van der Waals surface area contributed by atoms with Crippen LogP contribution in [0.25, 0.3) is 0 Å². The normalized spacial score (nSPS) is 10.6. The predicted octanol–water partition coefficient (Wildman–Crippen LogP) is 3.06. The van der Waals surface area contributed by atoms with E-state index in [0.717, 1.165) is 6.42 Å². The largest absolute Gasteiger partial charge is 0.351 e. The minimum Gasteiger partial charge on any atom is -0.351 e. The molecular formula is C14H18N4OS. The van der Waals surface area contributed by atoms with Crippen molar-refractivity contribution in [3.05, 3.63) is 35.5 Å². The molecule has 0 fully saturated rings. The molecule has 0 saturated heterocycles. The van der Waals surface area contributed by atoms with Gasteiger partial charge in [0.1, 0.15) is 11.5 Å². The van der Waals surface area contributed by atoms with Crippen molar-refractivity contribution in [1.29, 1.82) is 0 Å². The molecule has 0 aromatic carbocycles. The Hall–Kier alpha value is -1.95. The van der Waals surface area contributed by atoms with E-state index in [9.17, 15) is 4.79 Å². The van der Waals surface area contributed by atoms with E-state index in [1.807, 2.05) is 18.2 Å². The van der Waals surface area contributed by atoms with Crippen LogP contribution in [0.5, 0.6) is 0 Å². The number of nitrogens with zero attached hydrogens (tertiary/aromatic N) is 2. The van der Waals surface area contributed by atoms with Crippen molar-refractivity contribution in [2.75, 3.05) is 11.9 Å². The highest BCUT2D eigenvalue weighted by Crippen LogP contribution is 2.19. The summed E-state index contributed by atoms with van der Waals surface area (Å²) < 4.78 is 0. The lowest BCUT2D eigenvalue weighted by Crippen LogP contribution is -2.25. The Morgan fingerprint density at radius 2 is 2.25 bits per heavy atom. The van der Waals surface area contributed by atoms with Gasteiger partial charge in [-0.05, 0) is 24.5 Å². The summed E-state index contributed by atoms with van der Waals surface area (Å²) >= 11 is 1.39. The van der Waals surface area contributed by atoms with Crippen LogP contribution in [0.3, 0.4) is 0 Å². The van der Waals surface area contributed by atoms with Crippen LogP contribution in [0.2, 0.25) is 0 Å². The van der Waals surface area contributed by atoms with E-state index in [0.29, 0.717) is 29.1 Å². The van der Waals surface area contributed by atoms with Gasteiger partial charge in [0.2, 0.25) is 0 Å². The van der Waals surface area contributed by atoms with Gasteiger partial charge in [0.25, 0.3) is 5.91 Å².